The van der Waals surface area contributed by atoms with Crippen LogP contribution in [0.4, 0.5) is 0 Å². The van der Waals surface area contributed by atoms with Gasteiger partial charge in [0, 0.05) is 18.7 Å². The monoisotopic (exact) mass is 321 g/mol. The molecule has 1 aliphatic carbocycles. The van der Waals surface area contributed by atoms with Gasteiger partial charge in [-0.2, -0.15) is 4.72 Å². The predicted octanol–water partition coefficient (Wildman–Crippen LogP) is 1.40. The lowest BCUT2D eigenvalue weighted by Gasteiger charge is -2.17. The molecule has 0 aliphatic heterocycles. The number of aliphatic hydroxyl groups excluding tert-OH is 1. The molecule has 0 spiro atoms. The van der Waals surface area contributed by atoms with Gasteiger partial charge < -0.3 is 9.67 Å². The highest BCUT2D eigenvalue weighted by Crippen LogP contribution is 2.32. The van der Waals surface area contributed by atoms with Gasteiger partial charge in [-0.1, -0.05) is 24.3 Å². The van der Waals surface area contributed by atoms with Crippen LogP contribution in [-0.4, -0.2) is 29.2 Å². The van der Waals surface area contributed by atoms with Crippen LogP contribution in [0.25, 0.3) is 0 Å². The molecule has 1 heterocycles. The van der Waals surface area contributed by atoms with E-state index in [1.165, 1.54) is 12.5 Å². The van der Waals surface area contributed by atoms with E-state index in [0.29, 0.717) is 6.42 Å². The normalized spacial score (nSPS) is 21.3. The Balaban J connectivity index is 1.88. The Hall–Kier alpha value is -1.70. The van der Waals surface area contributed by atoms with Gasteiger partial charge in [0.2, 0.25) is 0 Å². The Morgan fingerprint density at radius 2 is 2.09 bits per heavy atom. The summed E-state index contributed by atoms with van der Waals surface area (Å²) in [6.45, 7) is 3.89. The van der Waals surface area contributed by atoms with Crippen LogP contribution >= 0.6 is 0 Å². The number of nitrogens with one attached hydrogen (secondary N) is 1. The highest BCUT2D eigenvalue weighted by atomic mass is 32.2. The summed E-state index contributed by atoms with van der Waals surface area (Å²) in [5.41, 5.74) is 1.79. The fourth-order valence-electron chi connectivity index (χ4n) is 2.68. The minimum atomic E-state index is -3.77. The lowest BCUT2D eigenvalue weighted by Crippen LogP contribution is -2.34. The number of aliphatic hydroxyl groups is 1. The average Bonchev–Trinajstić information content (AvgIpc) is 3.05. The summed E-state index contributed by atoms with van der Waals surface area (Å²) < 4.78 is 29.3. The second-order valence-electron chi connectivity index (χ2n) is 5.82. The smallest absolute Gasteiger partial charge is 0.260 e. The summed E-state index contributed by atoms with van der Waals surface area (Å²) in [7, 11) is -3.77. The van der Waals surface area contributed by atoms with Gasteiger partial charge in [0.05, 0.1) is 18.5 Å². The SMILES string of the molecule is CC(C)n1cnc(S(=O)(=O)N[C@H]2c3ccccc3C[C@H]2O)c1. The Labute approximate surface area is 129 Å². The summed E-state index contributed by atoms with van der Waals surface area (Å²) in [5, 5.41) is 10.1. The fraction of sp³-hybridized carbons (Fsp3) is 0.400. The molecular formula is C15H19N3O3S. The van der Waals surface area contributed by atoms with Crippen LogP contribution in [0.3, 0.4) is 0 Å². The van der Waals surface area contributed by atoms with Crippen molar-refractivity contribution in [3.63, 3.8) is 0 Å². The van der Waals surface area contributed by atoms with E-state index < -0.39 is 22.2 Å². The molecule has 0 saturated carbocycles. The number of hydrogen-bond acceptors (Lipinski definition) is 4. The third kappa shape index (κ3) is 2.67. The molecule has 1 aliphatic rings. The first kappa shape index (κ1) is 15.2. The topological polar surface area (TPSA) is 84.2 Å². The van der Waals surface area contributed by atoms with Crippen LogP contribution < -0.4 is 4.72 Å². The molecule has 0 unspecified atom stereocenters. The molecule has 2 atom stereocenters. The quantitative estimate of drug-likeness (QED) is 0.891. The maximum Gasteiger partial charge on any atom is 0.260 e. The molecule has 2 aromatic rings. The first-order valence-corrected chi connectivity index (χ1v) is 8.68. The molecule has 0 bridgehead atoms. The van der Waals surface area contributed by atoms with Crippen LogP contribution in [0.1, 0.15) is 37.1 Å². The number of fused-ring (bicyclic) bond motifs is 1. The molecule has 7 heteroatoms. The van der Waals surface area contributed by atoms with Crippen molar-refractivity contribution in [2.75, 3.05) is 0 Å². The minimum Gasteiger partial charge on any atom is -0.391 e. The lowest BCUT2D eigenvalue weighted by atomic mass is 10.1. The van der Waals surface area contributed by atoms with Crippen LogP contribution in [0.5, 0.6) is 0 Å². The van der Waals surface area contributed by atoms with E-state index in [4.69, 9.17) is 0 Å². The van der Waals surface area contributed by atoms with Crippen molar-refractivity contribution < 1.29 is 13.5 Å². The van der Waals surface area contributed by atoms with Gasteiger partial charge >= 0.3 is 0 Å². The van der Waals surface area contributed by atoms with Crippen LogP contribution in [0.2, 0.25) is 0 Å². The highest BCUT2D eigenvalue weighted by Gasteiger charge is 2.34. The Bertz CT molecular complexity index is 783. The molecule has 0 fully saturated rings. The number of nitrogens with zero attached hydrogens (tertiary/aromatic N) is 2. The first-order valence-electron chi connectivity index (χ1n) is 7.20. The Morgan fingerprint density at radius 1 is 1.36 bits per heavy atom. The molecule has 0 amide bonds. The number of imidazole rings is 1. The summed E-state index contributed by atoms with van der Waals surface area (Å²) in [6.07, 6.45) is 2.68. The standard InChI is InChI=1S/C15H19N3O3S/c1-10(2)18-8-14(16-9-18)22(20,21)17-15-12-6-4-3-5-11(12)7-13(15)19/h3-6,8-10,13,15,17,19H,7H2,1-2H3/t13-,15+/m1/s1. The molecule has 1 aromatic carbocycles. The van der Waals surface area contributed by atoms with Crippen LogP contribution in [-0.2, 0) is 16.4 Å². The molecule has 22 heavy (non-hydrogen) atoms. The highest BCUT2D eigenvalue weighted by molar-refractivity contribution is 7.89. The van der Waals surface area contributed by atoms with Crippen molar-refractivity contribution in [3.05, 3.63) is 47.9 Å². The maximum atomic E-state index is 12.5. The zero-order valence-electron chi connectivity index (χ0n) is 12.5. The van der Waals surface area contributed by atoms with Gasteiger partial charge in [0.25, 0.3) is 10.0 Å². The fourth-order valence-corrected chi connectivity index (χ4v) is 3.87. The molecule has 2 N–H and O–H groups in total. The predicted molar refractivity (Wildman–Crippen MR) is 81.8 cm³/mol. The van der Waals surface area contributed by atoms with Crippen LogP contribution in [0, 0.1) is 0 Å². The van der Waals surface area contributed by atoms with Gasteiger partial charge in [-0.15, -0.1) is 0 Å². The van der Waals surface area contributed by atoms with Crippen molar-refractivity contribution in [1.82, 2.24) is 14.3 Å². The average molecular weight is 321 g/mol. The molecule has 1 aromatic heterocycles. The summed E-state index contributed by atoms with van der Waals surface area (Å²) in [6, 6.07) is 6.96. The van der Waals surface area contributed by atoms with E-state index >= 15 is 0 Å². The van der Waals surface area contributed by atoms with Crippen molar-refractivity contribution in [2.45, 2.75) is 43.5 Å². The van der Waals surface area contributed by atoms with Crippen molar-refractivity contribution in [3.8, 4) is 0 Å². The summed E-state index contributed by atoms with van der Waals surface area (Å²) in [5.74, 6) is 0. The van der Waals surface area contributed by atoms with E-state index in [9.17, 15) is 13.5 Å². The van der Waals surface area contributed by atoms with E-state index in [1.807, 2.05) is 38.1 Å². The number of benzene rings is 1. The second kappa shape index (κ2) is 5.49. The molecule has 3 rings (SSSR count). The number of rotatable bonds is 4. The summed E-state index contributed by atoms with van der Waals surface area (Å²) >= 11 is 0. The summed E-state index contributed by atoms with van der Waals surface area (Å²) in [4.78, 5) is 3.96. The molecule has 0 saturated heterocycles. The van der Waals surface area contributed by atoms with Crippen molar-refractivity contribution >= 4 is 10.0 Å². The third-order valence-corrected chi connectivity index (χ3v) is 5.26. The molecule has 0 radical (unpaired) electrons. The zero-order chi connectivity index (χ0) is 15.9. The van der Waals surface area contributed by atoms with Crippen molar-refractivity contribution in [2.24, 2.45) is 0 Å². The number of aromatic nitrogens is 2. The van der Waals surface area contributed by atoms with E-state index in [-0.39, 0.29) is 11.1 Å². The number of sulfonamides is 1. The molecule has 6 nitrogen and oxygen atoms in total. The van der Waals surface area contributed by atoms with E-state index in [0.717, 1.165) is 11.1 Å². The van der Waals surface area contributed by atoms with Gasteiger partial charge in [-0.25, -0.2) is 13.4 Å². The van der Waals surface area contributed by atoms with E-state index in [2.05, 4.69) is 9.71 Å². The maximum absolute atomic E-state index is 12.5. The molecular weight excluding hydrogens is 302 g/mol. The van der Waals surface area contributed by atoms with Gasteiger partial charge in [0.15, 0.2) is 5.03 Å². The van der Waals surface area contributed by atoms with Crippen molar-refractivity contribution in [1.29, 1.82) is 0 Å². The zero-order valence-corrected chi connectivity index (χ0v) is 13.3. The first-order chi connectivity index (χ1) is 10.4. The number of hydrogen-bond donors (Lipinski definition) is 2. The lowest BCUT2D eigenvalue weighted by molar-refractivity contribution is 0.151. The third-order valence-electron chi connectivity index (χ3n) is 3.94. The van der Waals surface area contributed by atoms with E-state index in [1.54, 1.807) is 4.57 Å². The minimum absolute atomic E-state index is 0.0298. The van der Waals surface area contributed by atoms with Crippen LogP contribution in [0.15, 0.2) is 41.8 Å². The van der Waals surface area contributed by atoms with Gasteiger partial charge in [-0.05, 0) is 25.0 Å². The van der Waals surface area contributed by atoms with Gasteiger partial charge in [-0.3, -0.25) is 0 Å². The van der Waals surface area contributed by atoms with Gasteiger partial charge in [0.1, 0.15) is 0 Å². The largest absolute Gasteiger partial charge is 0.391 e. The Morgan fingerprint density at radius 3 is 2.77 bits per heavy atom. The second-order valence-corrected chi connectivity index (χ2v) is 7.48. The Kier molecular flexibility index (Phi) is 3.80. The molecule has 118 valence electrons.